The van der Waals surface area contributed by atoms with Crippen LogP contribution in [0.5, 0.6) is 0 Å². The number of hydrogen-bond donors (Lipinski definition) is 1. The zero-order chi connectivity index (χ0) is 13.5. The summed E-state index contributed by atoms with van der Waals surface area (Å²) in [6.45, 7) is 4.86. The molecular weight excluding hydrogens is 314 g/mol. The molecular formula is C13H18BrNO2S. The normalized spacial score (nSPS) is 12.2. The van der Waals surface area contributed by atoms with Gasteiger partial charge in [0.1, 0.15) is 0 Å². The van der Waals surface area contributed by atoms with Crippen LogP contribution in [0.15, 0.2) is 33.6 Å². The molecule has 0 aromatic heterocycles. The number of carbonyl (C=O) groups is 1. The zero-order valence-corrected chi connectivity index (χ0v) is 13.0. The van der Waals surface area contributed by atoms with Crippen molar-refractivity contribution in [1.82, 2.24) is 4.90 Å². The average molecular weight is 332 g/mol. The number of aliphatic hydroxyl groups excluding tert-OH is 1. The second kappa shape index (κ2) is 7.81. The quantitative estimate of drug-likeness (QED) is 0.815. The maximum atomic E-state index is 12.1. The minimum Gasteiger partial charge on any atom is -0.395 e. The molecule has 1 rings (SSSR count). The van der Waals surface area contributed by atoms with Crippen molar-refractivity contribution in [2.75, 3.05) is 19.7 Å². The molecule has 3 nitrogen and oxygen atoms in total. The fraction of sp³-hybridized carbons (Fsp3) is 0.462. The van der Waals surface area contributed by atoms with E-state index >= 15 is 0 Å². The van der Waals surface area contributed by atoms with Crippen LogP contribution in [0.25, 0.3) is 0 Å². The van der Waals surface area contributed by atoms with Gasteiger partial charge in [-0.2, -0.15) is 0 Å². The minimum absolute atomic E-state index is 0.00918. The van der Waals surface area contributed by atoms with Gasteiger partial charge in [-0.15, -0.1) is 11.8 Å². The average Bonchev–Trinajstić information content (AvgIpc) is 2.37. The molecule has 18 heavy (non-hydrogen) atoms. The van der Waals surface area contributed by atoms with Crippen LogP contribution < -0.4 is 0 Å². The van der Waals surface area contributed by atoms with E-state index in [1.807, 2.05) is 38.1 Å². The number of carbonyl (C=O) groups excluding carboxylic acids is 1. The second-order valence-electron chi connectivity index (χ2n) is 3.86. The van der Waals surface area contributed by atoms with Gasteiger partial charge in [-0.25, -0.2) is 0 Å². The Kier molecular flexibility index (Phi) is 6.75. The Balaban J connectivity index is 2.61. The lowest BCUT2D eigenvalue weighted by atomic mass is 10.3. The van der Waals surface area contributed by atoms with Crippen LogP contribution >= 0.6 is 27.7 Å². The molecule has 0 fully saturated rings. The maximum Gasteiger partial charge on any atom is 0.235 e. The third kappa shape index (κ3) is 4.63. The van der Waals surface area contributed by atoms with E-state index in [-0.39, 0.29) is 17.8 Å². The van der Waals surface area contributed by atoms with E-state index in [4.69, 9.17) is 5.11 Å². The molecule has 0 aliphatic heterocycles. The molecule has 1 atom stereocenters. The van der Waals surface area contributed by atoms with E-state index in [0.717, 1.165) is 9.37 Å². The predicted octanol–water partition coefficient (Wildman–Crippen LogP) is 2.77. The Bertz CT molecular complexity index is 383. The summed E-state index contributed by atoms with van der Waals surface area (Å²) in [5.74, 6) is 0.0690. The van der Waals surface area contributed by atoms with Crippen LogP contribution in [0.1, 0.15) is 13.8 Å². The molecule has 0 aliphatic rings. The van der Waals surface area contributed by atoms with E-state index < -0.39 is 0 Å². The van der Waals surface area contributed by atoms with E-state index in [2.05, 4.69) is 15.9 Å². The first-order chi connectivity index (χ1) is 8.58. The summed E-state index contributed by atoms with van der Waals surface area (Å²) in [5, 5.41) is 8.77. The smallest absolute Gasteiger partial charge is 0.235 e. The van der Waals surface area contributed by atoms with Crippen molar-refractivity contribution < 1.29 is 9.90 Å². The molecule has 0 saturated carbocycles. The van der Waals surface area contributed by atoms with Crippen LogP contribution in [0, 0.1) is 0 Å². The molecule has 1 aromatic rings. The Morgan fingerprint density at radius 2 is 2.06 bits per heavy atom. The first kappa shape index (κ1) is 15.5. The first-order valence-electron chi connectivity index (χ1n) is 5.90. The van der Waals surface area contributed by atoms with Crippen molar-refractivity contribution in [3.05, 3.63) is 28.7 Å². The summed E-state index contributed by atoms with van der Waals surface area (Å²) in [6.07, 6.45) is 0. The molecule has 100 valence electrons. The fourth-order valence-electron chi connectivity index (χ4n) is 1.57. The molecule has 0 bridgehead atoms. The molecule has 0 radical (unpaired) electrons. The molecule has 1 amide bonds. The van der Waals surface area contributed by atoms with Crippen molar-refractivity contribution >= 4 is 33.6 Å². The monoisotopic (exact) mass is 331 g/mol. The number of amides is 1. The highest BCUT2D eigenvalue weighted by Gasteiger charge is 2.19. The maximum absolute atomic E-state index is 12.1. The summed E-state index contributed by atoms with van der Waals surface area (Å²) in [6, 6.07) is 7.90. The Labute approximate surface area is 121 Å². The molecule has 1 unspecified atom stereocenters. The summed E-state index contributed by atoms with van der Waals surface area (Å²) in [4.78, 5) is 14.9. The molecule has 5 heteroatoms. The van der Waals surface area contributed by atoms with Crippen LogP contribution in [-0.2, 0) is 4.79 Å². The number of thioether (sulfide) groups is 1. The topological polar surface area (TPSA) is 40.5 Å². The number of halogens is 1. The van der Waals surface area contributed by atoms with E-state index in [9.17, 15) is 4.79 Å². The summed E-state index contributed by atoms with van der Waals surface area (Å²) in [7, 11) is 0. The van der Waals surface area contributed by atoms with Crippen molar-refractivity contribution in [2.24, 2.45) is 0 Å². The van der Waals surface area contributed by atoms with E-state index in [1.165, 1.54) is 11.8 Å². The minimum atomic E-state index is -0.141. The number of rotatable bonds is 6. The Morgan fingerprint density at radius 1 is 1.44 bits per heavy atom. The van der Waals surface area contributed by atoms with Crippen LogP contribution in [-0.4, -0.2) is 40.9 Å². The van der Waals surface area contributed by atoms with Crippen molar-refractivity contribution in [3.63, 3.8) is 0 Å². The lowest BCUT2D eigenvalue weighted by Gasteiger charge is -2.23. The lowest BCUT2D eigenvalue weighted by Crippen LogP contribution is -2.38. The summed E-state index contributed by atoms with van der Waals surface area (Å²) in [5.41, 5.74) is 0. The molecule has 1 N–H and O–H groups in total. The van der Waals surface area contributed by atoms with Gasteiger partial charge in [-0.05, 0) is 38.1 Å². The summed E-state index contributed by atoms with van der Waals surface area (Å²) >= 11 is 4.92. The first-order valence-corrected chi connectivity index (χ1v) is 7.57. The van der Waals surface area contributed by atoms with Gasteiger partial charge in [0.25, 0.3) is 0 Å². The second-order valence-corrected chi connectivity index (χ2v) is 6.19. The van der Waals surface area contributed by atoms with E-state index in [0.29, 0.717) is 13.1 Å². The third-order valence-corrected chi connectivity index (χ3v) is 4.17. The van der Waals surface area contributed by atoms with Gasteiger partial charge < -0.3 is 10.0 Å². The molecule has 0 saturated heterocycles. The zero-order valence-electron chi connectivity index (χ0n) is 10.6. The fourth-order valence-corrected chi connectivity index (χ4v) is 2.79. The van der Waals surface area contributed by atoms with Gasteiger partial charge in [-0.1, -0.05) is 15.9 Å². The van der Waals surface area contributed by atoms with Crippen LogP contribution in [0.4, 0.5) is 0 Å². The highest BCUT2D eigenvalue weighted by Crippen LogP contribution is 2.25. The SMILES string of the molecule is CCN(CCO)C(=O)C(C)Sc1ccc(Br)cc1. The summed E-state index contributed by atoms with van der Waals surface area (Å²) < 4.78 is 1.03. The van der Waals surface area contributed by atoms with Crippen molar-refractivity contribution in [1.29, 1.82) is 0 Å². The van der Waals surface area contributed by atoms with Gasteiger partial charge in [0.05, 0.1) is 11.9 Å². The van der Waals surface area contributed by atoms with Crippen LogP contribution in [0.2, 0.25) is 0 Å². The molecule has 0 spiro atoms. The molecule has 1 aromatic carbocycles. The molecule has 0 heterocycles. The van der Waals surface area contributed by atoms with Gasteiger partial charge >= 0.3 is 0 Å². The van der Waals surface area contributed by atoms with Gasteiger partial charge in [-0.3, -0.25) is 4.79 Å². The van der Waals surface area contributed by atoms with E-state index in [1.54, 1.807) is 4.90 Å². The number of nitrogens with zero attached hydrogens (tertiary/aromatic N) is 1. The van der Waals surface area contributed by atoms with Gasteiger partial charge in [0.15, 0.2) is 0 Å². The standard InChI is InChI=1S/C13H18BrNO2S/c1-3-15(8-9-16)13(17)10(2)18-12-6-4-11(14)5-7-12/h4-7,10,16H,3,8-9H2,1-2H3. The van der Waals surface area contributed by atoms with Crippen molar-refractivity contribution in [2.45, 2.75) is 24.0 Å². The largest absolute Gasteiger partial charge is 0.395 e. The predicted molar refractivity (Wildman–Crippen MR) is 78.8 cm³/mol. The van der Waals surface area contributed by atoms with Gasteiger partial charge in [0.2, 0.25) is 5.91 Å². The Morgan fingerprint density at radius 3 is 2.56 bits per heavy atom. The van der Waals surface area contributed by atoms with Crippen LogP contribution in [0.3, 0.4) is 0 Å². The number of benzene rings is 1. The highest BCUT2D eigenvalue weighted by molar-refractivity contribution is 9.10. The molecule has 0 aliphatic carbocycles. The number of likely N-dealkylation sites (N-methyl/N-ethyl adjacent to an activating group) is 1. The number of aliphatic hydroxyl groups is 1. The lowest BCUT2D eigenvalue weighted by molar-refractivity contribution is -0.130. The number of hydrogen-bond acceptors (Lipinski definition) is 3. The van der Waals surface area contributed by atoms with Crippen molar-refractivity contribution in [3.8, 4) is 0 Å². The van der Waals surface area contributed by atoms with Gasteiger partial charge in [0, 0.05) is 22.5 Å². The Hall–Kier alpha value is -0.520. The highest BCUT2D eigenvalue weighted by atomic mass is 79.9. The third-order valence-electron chi connectivity index (χ3n) is 2.54.